The van der Waals surface area contributed by atoms with Crippen molar-refractivity contribution in [1.82, 2.24) is 9.97 Å². The Bertz CT molecular complexity index is 2520. The van der Waals surface area contributed by atoms with Gasteiger partial charge in [-0.1, -0.05) is 195 Å². The van der Waals surface area contributed by atoms with Gasteiger partial charge in [-0.3, -0.25) is 0 Å². The number of rotatable bonds is 6. The third-order valence-electron chi connectivity index (χ3n) is 11.8. The maximum Gasteiger partial charge on any atom is 0.160 e. The van der Waals surface area contributed by atoms with Crippen molar-refractivity contribution in [3.05, 3.63) is 193 Å². The molecule has 0 saturated heterocycles. The van der Waals surface area contributed by atoms with Crippen LogP contribution in [0.15, 0.2) is 182 Å². The molecule has 2 nitrogen and oxygen atoms in total. The van der Waals surface area contributed by atoms with Crippen molar-refractivity contribution in [2.24, 2.45) is 0 Å². The van der Waals surface area contributed by atoms with E-state index in [0.717, 1.165) is 33.9 Å². The molecule has 54 heavy (non-hydrogen) atoms. The van der Waals surface area contributed by atoms with Crippen molar-refractivity contribution in [3.8, 4) is 78.4 Å². The van der Waals surface area contributed by atoms with Gasteiger partial charge in [0.1, 0.15) is 0 Å². The van der Waals surface area contributed by atoms with Crippen molar-refractivity contribution in [1.29, 1.82) is 0 Å². The van der Waals surface area contributed by atoms with E-state index in [1.807, 2.05) is 36.4 Å². The molecular formula is C52H40N2. The summed E-state index contributed by atoms with van der Waals surface area (Å²) in [4.78, 5) is 9.95. The fourth-order valence-electron chi connectivity index (χ4n) is 9.04. The molecule has 8 aromatic rings. The first-order valence-electron chi connectivity index (χ1n) is 19.3. The van der Waals surface area contributed by atoms with Crippen molar-refractivity contribution < 1.29 is 0 Å². The van der Waals surface area contributed by atoms with E-state index >= 15 is 0 Å². The number of benzene rings is 7. The van der Waals surface area contributed by atoms with E-state index in [1.54, 1.807) is 11.1 Å². The first-order chi connectivity index (χ1) is 26.7. The fourth-order valence-corrected chi connectivity index (χ4v) is 9.04. The summed E-state index contributed by atoms with van der Waals surface area (Å²) in [5.74, 6) is 0.727. The summed E-state index contributed by atoms with van der Waals surface area (Å²) in [5.41, 5.74) is 18.6. The molecule has 0 aliphatic heterocycles. The number of hydrogen-bond donors (Lipinski definition) is 0. The van der Waals surface area contributed by atoms with Crippen molar-refractivity contribution in [2.75, 3.05) is 0 Å². The molecule has 1 saturated carbocycles. The van der Waals surface area contributed by atoms with Crippen LogP contribution in [0.3, 0.4) is 0 Å². The quantitative estimate of drug-likeness (QED) is 0.173. The van der Waals surface area contributed by atoms with Crippen LogP contribution in [0.1, 0.15) is 43.2 Å². The Morgan fingerprint density at radius 3 is 1.37 bits per heavy atom. The second-order valence-electron chi connectivity index (χ2n) is 14.8. The van der Waals surface area contributed by atoms with E-state index in [0.29, 0.717) is 0 Å². The van der Waals surface area contributed by atoms with Crippen LogP contribution < -0.4 is 0 Å². The summed E-state index contributed by atoms with van der Waals surface area (Å²) in [6.07, 6.45) is 6.49. The van der Waals surface area contributed by atoms with Crippen LogP contribution in [0.5, 0.6) is 0 Å². The molecule has 1 aromatic heterocycles. The molecular weight excluding hydrogens is 653 g/mol. The predicted molar refractivity (Wildman–Crippen MR) is 224 cm³/mol. The average Bonchev–Trinajstić information content (AvgIpc) is 3.53. The lowest BCUT2D eigenvalue weighted by atomic mass is 9.68. The summed E-state index contributed by atoms with van der Waals surface area (Å²) in [6, 6.07) is 65.7. The molecule has 0 unspecified atom stereocenters. The van der Waals surface area contributed by atoms with Crippen LogP contribution in [0.25, 0.3) is 78.4 Å². The van der Waals surface area contributed by atoms with Gasteiger partial charge in [0.05, 0.1) is 11.4 Å². The summed E-state index contributed by atoms with van der Waals surface area (Å²) >= 11 is 0. The topological polar surface area (TPSA) is 25.8 Å². The van der Waals surface area contributed by atoms with Crippen LogP contribution in [0.2, 0.25) is 0 Å². The largest absolute Gasteiger partial charge is 0.228 e. The SMILES string of the molecule is c1ccc(-c2cc(-c3ccc(-c4ccc(-c5ccc(-c6cccc7c6-c6ccccc6C76CCCCC6)cc5)cc4)cc3)nc(-c3ccccc3)n2)cc1. The molecule has 0 atom stereocenters. The van der Waals surface area contributed by atoms with Gasteiger partial charge in [0.15, 0.2) is 5.82 Å². The molecule has 10 rings (SSSR count). The monoisotopic (exact) mass is 692 g/mol. The molecule has 1 heterocycles. The lowest BCUT2D eigenvalue weighted by molar-refractivity contribution is 0.353. The Kier molecular flexibility index (Phi) is 8.10. The minimum absolute atomic E-state index is 0.176. The third kappa shape index (κ3) is 5.67. The molecule has 0 radical (unpaired) electrons. The minimum Gasteiger partial charge on any atom is -0.228 e. The third-order valence-corrected chi connectivity index (χ3v) is 11.8. The molecule has 0 N–H and O–H groups in total. The van der Waals surface area contributed by atoms with Gasteiger partial charge >= 0.3 is 0 Å². The van der Waals surface area contributed by atoms with Crippen molar-refractivity contribution in [2.45, 2.75) is 37.5 Å². The molecule has 1 fully saturated rings. The van der Waals surface area contributed by atoms with E-state index in [4.69, 9.17) is 9.97 Å². The van der Waals surface area contributed by atoms with E-state index in [-0.39, 0.29) is 5.41 Å². The van der Waals surface area contributed by atoms with Gasteiger partial charge in [-0.15, -0.1) is 0 Å². The Morgan fingerprint density at radius 2 is 0.778 bits per heavy atom. The summed E-state index contributed by atoms with van der Waals surface area (Å²) < 4.78 is 0. The molecule has 0 bridgehead atoms. The number of fused-ring (bicyclic) bond motifs is 5. The Balaban J connectivity index is 0.914. The lowest BCUT2D eigenvalue weighted by Gasteiger charge is -2.36. The minimum atomic E-state index is 0.176. The van der Waals surface area contributed by atoms with Gasteiger partial charge < -0.3 is 0 Å². The highest BCUT2D eigenvalue weighted by Gasteiger charge is 2.44. The van der Waals surface area contributed by atoms with E-state index in [1.165, 1.54) is 76.6 Å². The van der Waals surface area contributed by atoms with Gasteiger partial charge in [0.2, 0.25) is 0 Å². The highest BCUT2D eigenvalue weighted by Crippen LogP contribution is 2.57. The molecule has 0 amide bonds. The maximum absolute atomic E-state index is 5.01. The predicted octanol–water partition coefficient (Wildman–Crippen LogP) is 13.7. The van der Waals surface area contributed by atoms with Crippen LogP contribution in [0.4, 0.5) is 0 Å². The van der Waals surface area contributed by atoms with Gasteiger partial charge in [0, 0.05) is 22.1 Å². The van der Waals surface area contributed by atoms with Gasteiger partial charge in [-0.25, -0.2) is 9.97 Å². The zero-order valence-electron chi connectivity index (χ0n) is 30.3. The smallest absolute Gasteiger partial charge is 0.160 e. The number of nitrogens with zero attached hydrogens (tertiary/aromatic N) is 2. The summed E-state index contributed by atoms with van der Waals surface area (Å²) in [5, 5.41) is 0. The summed E-state index contributed by atoms with van der Waals surface area (Å²) in [7, 11) is 0. The van der Waals surface area contributed by atoms with E-state index in [9.17, 15) is 0 Å². The zero-order chi connectivity index (χ0) is 35.9. The fraction of sp³-hybridized carbons (Fsp3) is 0.115. The average molecular weight is 693 g/mol. The van der Waals surface area contributed by atoms with Gasteiger partial charge in [-0.05, 0) is 74.5 Å². The standard InChI is InChI=1S/C52H40N2/c1-4-13-41(14-5-1)48-35-49(54-51(53-48)43-15-6-2-7-16-43)42-31-27-39(28-32-42)37-23-21-36(22-24-37)38-25-29-40(30-26-38)44-18-12-20-47-50(44)45-17-8-9-19-46(45)52(47)33-10-3-11-34-52/h1-2,4-9,12-32,35H,3,10-11,33-34H2. The van der Waals surface area contributed by atoms with Crippen LogP contribution in [-0.4, -0.2) is 9.97 Å². The first-order valence-corrected chi connectivity index (χ1v) is 19.3. The first kappa shape index (κ1) is 32.3. The van der Waals surface area contributed by atoms with Gasteiger partial charge in [0.25, 0.3) is 0 Å². The number of aromatic nitrogens is 2. The van der Waals surface area contributed by atoms with Gasteiger partial charge in [-0.2, -0.15) is 0 Å². The van der Waals surface area contributed by atoms with Crippen LogP contribution in [0, 0.1) is 0 Å². The maximum atomic E-state index is 5.01. The molecule has 2 aliphatic rings. The van der Waals surface area contributed by atoms with Crippen molar-refractivity contribution >= 4 is 0 Å². The highest BCUT2D eigenvalue weighted by molar-refractivity contribution is 5.93. The second kappa shape index (κ2) is 13.5. The van der Waals surface area contributed by atoms with E-state index in [2.05, 4.69) is 146 Å². The van der Waals surface area contributed by atoms with Crippen LogP contribution in [-0.2, 0) is 5.41 Å². The Hall–Kier alpha value is -6.38. The Labute approximate surface area is 317 Å². The van der Waals surface area contributed by atoms with Crippen LogP contribution >= 0.6 is 0 Å². The molecule has 2 aliphatic carbocycles. The Morgan fingerprint density at radius 1 is 0.333 bits per heavy atom. The highest BCUT2D eigenvalue weighted by atomic mass is 14.9. The normalized spacial score (nSPS) is 14.1. The molecule has 258 valence electrons. The molecule has 7 aromatic carbocycles. The summed E-state index contributed by atoms with van der Waals surface area (Å²) in [6.45, 7) is 0. The molecule has 2 heteroatoms. The second-order valence-corrected chi connectivity index (χ2v) is 14.8. The van der Waals surface area contributed by atoms with Crippen molar-refractivity contribution in [3.63, 3.8) is 0 Å². The number of hydrogen-bond acceptors (Lipinski definition) is 2. The van der Waals surface area contributed by atoms with E-state index < -0.39 is 0 Å². The lowest BCUT2D eigenvalue weighted by Crippen LogP contribution is -2.27. The zero-order valence-corrected chi connectivity index (χ0v) is 30.3. The molecule has 1 spiro atoms.